The Morgan fingerprint density at radius 1 is 1.17 bits per heavy atom. The van der Waals surface area contributed by atoms with Crippen LogP contribution in [0.25, 0.3) is 0 Å². The molecule has 4 rings (SSSR count). The van der Waals surface area contributed by atoms with E-state index in [1.54, 1.807) is 30.3 Å². The topological polar surface area (TPSA) is 95.2 Å². The highest BCUT2D eigenvalue weighted by atomic mass is 16.7. The van der Waals surface area contributed by atoms with Gasteiger partial charge in [0.05, 0.1) is 12.2 Å². The Morgan fingerprint density at radius 2 is 2.00 bits per heavy atom. The Hall–Kier alpha value is -2.80. The van der Waals surface area contributed by atoms with E-state index >= 15 is 0 Å². The fourth-order valence-corrected chi connectivity index (χ4v) is 3.02. The number of rotatable bonds is 4. The van der Waals surface area contributed by atoms with E-state index in [0.29, 0.717) is 17.1 Å². The SMILES string of the molecule is O=C1OC[C@@H](C(=O)c2ccc3c(c2)OCO3)[C@@H]1[C@@H](O)c1ccco1. The summed E-state index contributed by atoms with van der Waals surface area (Å²) < 4.78 is 20.6. The van der Waals surface area contributed by atoms with Gasteiger partial charge in [-0.15, -0.1) is 0 Å². The first-order valence-corrected chi connectivity index (χ1v) is 7.47. The van der Waals surface area contributed by atoms with Crippen molar-refractivity contribution in [2.45, 2.75) is 6.10 Å². The maximum Gasteiger partial charge on any atom is 0.312 e. The molecular formula is C17H14O7. The second-order valence-corrected chi connectivity index (χ2v) is 5.65. The van der Waals surface area contributed by atoms with Gasteiger partial charge in [-0.25, -0.2) is 0 Å². The first kappa shape index (κ1) is 14.8. The molecule has 7 heteroatoms. The minimum absolute atomic E-state index is 0.0749. The molecule has 124 valence electrons. The lowest BCUT2D eigenvalue weighted by molar-refractivity contribution is -0.144. The number of Topliss-reactive ketones (excluding diaryl/α,β-unsaturated/α-hetero) is 1. The molecule has 1 aromatic carbocycles. The maximum absolute atomic E-state index is 12.8. The average Bonchev–Trinajstić information content (AvgIpc) is 3.33. The molecule has 24 heavy (non-hydrogen) atoms. The molecule has 0 amide bonds. The van der Waals surface area contributed by atoms with Gasteiger partial charge in [0.1, 0.15) is 24.4 Å². The predicted molar refractivity (Wildman–Crippen MR) is 78.5 cm³/mol. The zero-order chi connectivity index (χ0) is 16.7. The van der Waals surface area contributed by atoms with E-state index in [-0.39, 0.29) is 24.9 Å². The lowest BCUT2D eigenvalue weighted by atomic mass is 9.83. The van der Waals surface area contributed by atoms with Crippen LogP contribution < -0.4 is 9.47 Å². The fraction of sp³-hybridized carbons (Fsp3) is 0.294. The Bertz CT molecular complexity index is 780. The number of ketones is 1. The van der Waals surface area contributed by atoms with Gasteiger partial charge >= 0.3 is 5.97 Å². The van der Waals surface area contributed by atoms with Crippen LogP contribution in [0.2, 0.25) is 0 Å². The van der Waals surface area contributed by atoms with Gasteiger partial charge < -0.3 is 23.7 Å². The van der Waals surface area contributed by atoms with Crippen molar-refractivity contribution in [2.24, 2.45) is 11.8 Å². The molecule has 3 atom stereocenters. The van der Waals surface area contributed by atoms with E-state index < -0.39 is 23.9 Å². The Labute approximate surface area is 136 Å². The van der Waals surface area contributed by atoms with Crippen molar-refractivity contribution in [1.29, 1.82) is 0 Å². The summed E-state index contributed by atoms with van der Waals surface area (Å²) in [6.45, 7) is 0.0341. The van der Waals surface area contributed by atoms with Crippen LogP contribution in [-0.2, 0) is 9.53 Å². The number of carbonyl (C=O) groups is 2. The maximum atomic E-state index is 12.8. The quantitative estimate of drug-likeness (QED) is 0.673. The van der Waals surface area contributed by atoms with Gasteiger partial charge in [0, 0.05) is 5.56 Å². The van der Waals surface area contributed by atoms with Gasteiger partial charge in [-0.1, -0.05) is 0 Å². The molecule has 2 aliphatic heterocycles. The monoisotopic (exact) mass is 330 g/mol. The molecule has 0 aliphatic carbocycles. The van der Waals surface area contributed by atoms with Gasteiger partial charge in [0.2, 0.25) is 6.79 Å². The van der Waals surface area contributed by atoms with E-state index in [1.165, 1.54) is 6.26 Å². The molecule has 0 radical (unpaired) electrons. The van der Waals surface area contributed by atoms with Crippen molar-refractivity contribution >= 4 is 11.8 Å². The van der Waals surface area contributed by atoms with Gasteiger partial charge in [-0.2, -0.15) is 0 Å². The number of carbonyl (C=O) groups excluding carboxylic acids is 2. The van der Waals surface area contributed by atoms with Crippen LogP contribution in [0, 0.1) is 11.8 Å². The second kappa shape index (κ2) is 5.68. The number of furan rings is 1. The summed E-state index contributed by atoms with van der Waals surface area (Å²) in [5.74, 6) is -1.44. The molecule has 0 unspecified atom stereocenters. The molecule has 0 spiro atoms. The molecule has 0 bridgehead atoms. The number of fused-ring (bicyclic) bond motifs is 1. The van der Waals surface area contributed by atoms with Gasteiger partial charge in [-0.05, 0) is 30.3 Å². The summed E-state index contributed by atoms with van der Waals surface area (Å²) in [4.78, 5) is 24.8. The van der Waals surface area contributed by atoms with Gasteiger partial charge in [0.25, 0.3) is 0 Å². The van der Waals surface area contributed by atoms with E-state index in [9.17, 15) is 14.7 Å². The standard InChI is InChI=1S/C17H14O7/c18-15(9-3-4-11-13(6-9)24-8-23-11)10-7-22-17(20)14(10)16(19)12-2-1-5-21-12/h1-6,10,14,16,19H,7-8H2/t10-,14-,16+/m1/s1. The molecule has 1 fully saturated rings. The Kier molecular flexibility index (Phi) is 3.50. The number of aliphatic hydroxyl groups excluding tert-OH is 1. The first-order chi connectivity index (χ1) is 11.6. The smallest absolute Gasteiger partial charge is 0.312 e. The first-order valence-electron chi connectivity index (χ1n) is 7.47. The lowest BCUT2D eigenvalue weighted by Gasteiger charge is -2.18. The summed E-state index contributed by atoms with van der Waals surface area (Å²) >= 11 is 0. The van der Waals surface area contributed by atoms with Crippen molar-refractivity contribution in [3.05, 3.63) is 47.9 Å². The van der Waals surface area contributed by atoms with E-state index in [4.69, 9.17) is 18.6 Å². The normalized spacial score (nSPS) is 23.1. The van der Waals surface area contributed by atoms with Crippen molar-refractivity contribution in [1.82, 2.24) is 0 Å². The average molecular weight is 330 g/mol. The third-order valence-corrected chi connectivity index (χ3v) is 4.28. The Balaban J connectivity index is 1.62. The zero-order valence-electron chi connectivity index (χ0n) is 12.5. The summed E-state index contributed by atoms with van der Waals surface area (Å²) in [6, 6.07) is 7.98. The minimum Gasteiger partial charge on any atom is -0.467 e. The molecule has 1 aromatic heterocycles. The van der Waals surface area contributed by atoms with E-state index in [1.807, 2.05) is 0 Å². The fourth-order valence-electron chi connectivity index (χ4n) is 3.02. The number of aliphatic hydroxyl groups is 1. The number of hydrogen-bond donors (Lipinski definition) is 1. The molecule has 7 nitrogen and oxygen atoms in total. The van der Waals surface area contributed by atoms with Gasteiger partial charge in [0.15, 0.2) is 17.3 Å². The predicted octanol–water partition coefficient (Wildman–Crippen LogP) is 1.71. The van der Waals surface area contributed by atoms with Crippen LogP contribution >= 0.6 is 0 Å². The van der Waals surface area contributed by atoms with Crippen LogP contribution in [0.15, 0.2) is 41.0 Å². The highest BCUT2D eigenvalue weighted by Gasteiger charge is 2.47. The number of hydrogen-bond acceptors (Lipinski definition) is 7. The molecule has 3 heterocycles. The summed E-state index contributed by atoms with van der Waals surface area (Å²) in [6.07, 6.45) is 0.158. The highest BCUT2D eigenvalue weighted by molar-refractivity contribution is 6.01. The van der Waals surface area contributed by atoms with Crippen LogP contribution in [0.1, 0.15) is 22.2 Å². The highest BCUT2D eigenvalue weighted by Crippen LogP contribution is 2.38. The molecular weight excluding hydrogens is 316 g/mol. The van der Waals surface area contributed by atoms with Crippen LogP contribution in [0.4, 0.5) is 0 Å². The van der Waals surface area contributed by atoms with Gasteiger partial charge in [-0.3, -0.25) is 9.59 Å². The summed E-state index contributed by atoms with van der Waals surface area (Å²) in [5.41, 5.74) is 0.374. The number of cyclic esters (lactones) is 1. The molecule has 2 aliphatic rings. The number of esters is 1. The summed E-state index contributed by atoms with van der Waals surface area (Å²) in [7, 11) is 0. The molecule has 1 saturated heterocycles. The number of ether oxygens (including phenoxy) is 3. The lowest BCUT2D eigenvalue weighted by Crippen LogP contribution is -2.29. The van der Waals surface area contributed by atoms with Crippen LogP contribution in [-0.4, -0.2) is 30.3 Å². The zero-order valence-corrected chi connectivity index (χ0v) is 12.5. The largest absolute Gasteiger partial charge is 0.467 e. The van der Waals surface area contributed by atoms with Crippen molar-refractivity contribution in [3.63, 3.8) is 0 Å². The number of benzene rings is 1. The third-order valence-electron chi connectivity index (χ3n) is 4.28. The van der Waals surface area contributed by atoms with Crippen molar-refractivity contribution in [3.8, 4) is 11.5 Å². The molecule has 2 aromatic rings. The van der Waals surface area contributed by atoms with Crippen LogP contribution in [0.5, 0.6) is 11.5 Å². The summed E-state index contributed by atoms with van der Waals surface area (Å²) in [5, 5.41) is 10.4. The third kappa shape index (κ3) is 2.33. The van der Waals surface area contributed by atoms with E-state index in [0.717, 1.165) is 0 Å². The van der Waals surface area contributed by atoms with Crippen molar-refractivity contribution in [2.75, 3.05) is 13.4 Å². The Morgan fingerprint density at radius 3 is 2.79 bits per heavy atom. The molecule has 1 N–H and O–H groups in total. The minimum atomic E-state index is -1.24. The molecule has 0 saturated carbocycles. The van der Waals surface area contributed by atoms with E-state index in [2.05, 4.69) is 0 Å². The van der Waals surface area contributed by atoms with Crippen LogP contribution in [0.3, 0.4) is 0 Å². The second-order valence-electron chi connectivity index (χ2n) is 5.65. The van der Waals surface area contributed by atoms with Crippen molar-refractivity contribution < 1.29 is 33.3 Å².